The van der Waals surface area contributed by atoms with Gasteiger partial charge >= 0.3 is 0 Å². The Labute approximate surface area is 158 Å². The topological polar surface area (TPSA) is 34.9 Å². The Balaban J connectivity index is 1.90. The second-order valence-corrected chi connectivity index (χ2v) is 7.00. The highest BCUT2D eigenvalue weighted by Crippen LogP contribution is 2.31. The van der Waals surface area contributed by atoms with Crippen LogP contribution in [0.3, 0.4) is 0 Å². The third-order valence-electron chi connectivity index (χ3n) is 4.47. The maximum absolute atomic E-state index is 14.0. The van der Waals surface area contributed by atoms with Crippen LogP contribution in [-0.4, -0.2) is 16.2 Å². The normalized spacial score (nSPS) is 11.2. The van der Waals surface area contributed by atoms with Gasteiger partial charge in [0.1, 0.15) is 23.1 Å². The van der Waals surface area contributed by atoms with Crippen molar-refractivity contribution in [2.75, 3.05) is 6.67 Å². The fourth-order valence-corrected chi connectivity index (χ4v) is 4.12. The van der Waals surface area contributed by atoms with Crippen molar-refractivity contribution >= 4 is 21.6 Å². The molecule has 0 fully saturated rings. The van der Waals surface area contributed by atoms with Crippen molar-refractivity contribution in [2.24, 2.45) is 0 Å². The Morgan fingerprint density at radius 3 is 2.52 bits per heavy atom. The number of thiophene rings is 1. The Morgan fingerprint density at radius 2 is 1.78 bits per heavy atom. The summed E-state index contributed by atoms with van der Waals surface area (Å²) in [5.74, 6) is 0.00603. The summed E-state index contributed by atoms with van der Waals surface area (Å²) < 4.78 is 28.5. The smallest absolute Gasteiger partial charge is 0.262 e. The molecular weight excluding hydrogens is 366 g/mol. The standard InChI is InChI=1S/C21H16F2N2OS/c22-10-11-25-18(12-15-8-4-5-9-17(15)23)24-20-19(21(25)26)16(13-27-20)14-6-2-1-3-7-14/h1-9,13H,10-12H2. The molecule has 0 atom stereocenters. The van der Waals surface area contributed by atoms with Gasteiger partial charge in [-0.1, -0.05) is 48.5 Å². The molecule has 0 spiro atoms. The van der Waals surface area contributed by atoms with Crippen LogP contribution in [-0.2, 0) is 13.0 Å². The van der Waals surface area contributed by atoms with Crippen molar-refractivity contribution in [1.82, 2.24) is 9.55 Å². The number of aromatic nitrogens is 2. The molecule has 0 aliphatic heterocycles. The largest absolute Gasteiger partial charge is 0.293 e. The maximum atomic E-state index is 14.0. The fraction of sp³-hybridized carbons (Fsp3) is 0.143. The Hall–Kier alpha value is -2.86. The predicted octanol–water partition coefficient (Wildman–Crippen LogP) is 4.82. The Bertz CT molecular complexity index is 1150. The molecule has 27 heavy (non-hydrogen) atoms. The van der Waals surface area contributed by atoms with Gasteiger partial charge in [0.05, 0.1) is 11.9 Å². The van der Waals surface area contributed by atoms with Crippen LogP contribution in [0.2, 0.25) is 0 Å². The number of rotatable bonds is 5. The lowest BCUT2D eigenvalue weighted by Crippen LogP contribution is -2.26. The van der Waals surface area contributed by atoms with Crippen molar-refractivity contribution in [2.45, 2.75) is 13.0 Å². The number of halogens is 2. The molecule has 3 nitrogen and oxygen atoms in total. The van der Waals surface area contributed by atoms with Crippen LogP contribution < -0.4 is 5.56 Å². The molecule has 0 aliphatic carbocycles. The Kier molecular flexibility index (Phi) is 4.81. The first kappa shape index (κ1) is 17.5. The van der Waals surface area contributed by atoms with Gasteiger partial charge in [0.15, 0.2) is 0 Å². The lowest BCUT2D eigenvalue weighted by Gasteiger charge is -2.12. The van der Waals surface area contributed by atoms with Crippen molar-refractivity contribution in [1.29, 1.82) is 0 Å². The number of hydrogen-bond acceptors (Lipinski definition) is 3. The van der Waals surface area contributed by atoms with Gasteiger partial charge < -0.3 is 0 Å². The van der Waals surface area contributed by atoms with Gasteiger partial charge in [0, 0.05) is 17.4 Å². The highest BCUT2D eigenvalue weighted by atomic mass is 32.1. The monoisotopic (exact) mass is 382 g/mol. The maximum Gasteiger partial charge on any atom is 0.262 e. The second kappa shape index (κ2) is 7.40. The molecule has 136 valence electrons. The number of benzene rings is 2. The first-order valence-electron chi connectivity index (χ1n) is 8.54. The van der Waals surface area contributed by atoms with Gasteiger partial charge in [0.25, 0.3) is 5.56 Å². The molecule has 2 aromatic carbocycles. The van der Waals surface area contributed by atoms with E-state index in [0.717, 1.165) is 11.1 Å². The molecule has 0 saturated carbocycles. The summed E-state index contributed by atoms with van der Waals surface area (Å²) in [6.45, 7) is -0.794. The zero-order valence-electron chi connectivity index (χ0n) is 14.4. The van der Waals surface area contributed by atoms with E-state index in [0.29, 0.717) is 21.6 Å². The van der Waals surface area contributed by atoms with E-state index < -0.39 is 6.67 Å². The minimum absolute atomic E-state index is 0.102. The molecule has 0 N–H and O–H groups in total. The molecular formula is C21H16F2N2OS. The summed E-state index contributed by atoms with van der Waals surface area (Å²) >= 11 is 1.37. The van der Waals surface area contributed by atoms with Crippen LogP contribution in [0.1, 0.15) is 11.4 Å². The quantitative estimate of drug-likeness (QED) is 0.496. The van der Waals surface area contributed by atoms with Gasteiger partial charge in [-0.15, -0.1) is 11.3 Å². The van der Waals surface area contributed by atoms with Crippen LogP contribution in [0, 0.1) is 5.82 Å². The SMILES string of the molecule is O=c1c2c(-c3ccccc3)csc2nc(Cc2ccccc2F)n1CCF. The third kappa shape index (κ3) is 3.28. The van der Waals surface area contributed by atoms with Crippen molar-refractivity contribution in [3.8, 4) is 11.1 Å². The Morgan fingerprint density at radius 1 is 1.04 bits per heavy atom. The molecule has 0 saturated heterocycles. The van der Waals surface area contributed by atoms with Gasteiger partial charge in [0.2, 0.25) is 0 Å². The zero-order valence-corrected chi connectivity index (χ0v) is 15.2. The third-order valence-corrected chi connectivity index (χ3v) is 5.34. The molecule has 0 radical (unpaired) electrons. The molecule has 4 rings (SSSR count). The van der Waals surface area contributed by atoms with E-state index in [9.17, 15) is 13.6 Å². The molecule has 0 amide bonds. The van der Waals surface area contributed by atoms with E-state index in [1.807, 2.05) is 35.7 Å². The first-order valence-corrected chi connectivity index (χ1v) is 9.42. The lowest BCUT2D eigenvalue weighted by atomic mass is 10.1. The summed E-state index contributed by atoms with van der Waals surface area (Å²) in [4.78, 5) is 18.3. The molecule has 2 aromatic heterocycles. The molecule has 0 aliphatic rings. The summed E-state index contributed by atoms with van der Waals surface area (Å²) in [6.07, 6.45) is 0.135. The summed E-state index contributed by atoms with van der Waals surface area (Å²) in [5, 5.41) is 2.37. The number of hydrogen-bond donors (Lipinski definition) is 0. The fourth-order valence-electron chi connectivity index (χ4n) is 3.16. The highest BCUT2D eigenvalue weighted by molar-refractivity contribution is 7.17. The lowest BCUT2D eigenvalue weighted by molar-refractivity contribution is 0.432. The summed E-state index contributed by atoms with van der Waals surface area (Å²) in [7, 11) is 0. The second-order valence-electron chi connectivity index (χ2n) is 6.14. The van der Waals surface area contributed by atoms with Crippen LogP contribution in [0.5, 0.6) is 0 Å². The van der Waals surface area contributed by atoms with E-state index in [1.54, 1.807) is 18.2 Å². The van der Waals surface area contributed by atoms with Crippen LogP contribution >= 0.6 is 11.3 Å². The van der Waals surface area contributed by atoms with Crippen LogP contribution in [0.4, 0.5) is 8.78 Å². The minimum Gasteiger partial charge on any atom is -0.293 e. The summed E-state index contributed by atoms with van der Waals surface area (Å²) in [6, 6.07) is 15.9. The van der Waals surface area contributed by atoms with Crippen LogP contribution in [0.15, 0.2) is 64.8 Å². The molecule has 6 heteroatoms. The number of alkyl halides is 1. The van der Waals surface area contributed by atoms with Crippen molar-refractivity contribution in [3.63, 3.8) is 0 Å². The molecule has 4 aromatic rings. The number of nitrogens with zero attached hydrogens (tertiary/aromatic N) is 2. The predicted molar refractivity (Wildman–Crippen MR) is 104 cm³/mol. The van der Waals surface area contributed by atoms with Crippen molar-refractivity contribution in [3.05, 3.63) is 87.5 Å². The van der Waals surface area contributed by atoms with Gasteiger partial charge in [-0.05, 0) is 17.2 Å². The van der Waals surface area contributed by atoms with Crippen molar-refractivity contribution < 1.29 is 8.78 Å². The van der Waals surface area contributed by atoms with Gasteiger partial charge in [-0.25, -0.2) is 13.8 Å². The van der Waals surface area contributed by atoms with E-state index in [-0.39, 0.29) is 24.3 Å². The average molecular weight is 382 g/mol. The zero-order chi connectivity index (χ0) is 18.8. The van der Waals surface area contributed by atoms with E-state index >= 15 is 0 Å². The van der Waals surface area contributed by atoms with E-state index in [2.05, 4.69) is 4.98 Å². The van der Waals surface area contributed by atoms with Crippen LogP contribution in [0.25, 0.3) is 21.3 Å². The molecule has 0 unspecified atom stereocenters. The summed E-state index contributed by atoms with van der Waals surface area (Å²) in [5.41, 5.74) is 1.84. The first-order chi connectivity index (χ1) is 13.2. The van der Waals surface area contributed by atoms with Gasteiger partial charge in [-0.3, -0.25) is 9.36 Å². The molecule has 2 heterocycles. The highest BCUT2D eigenvalue weighted by Gasteiger charge is 2.18. The molecule has 0 bridgehead atoms. The van der Waals surface area contributed by atoms with E-state index in [1.165, 1.54) is 22.0 Å². The average Bonchev–Trinajstić information content (AvgIpc) is 3.11. The minimum atomic E-state index is -0.692. The van der Waals surface area contributed by atoms with Gasteiger partial charge in [-0.2, -0.15) is 0 Å². The number of fused-ring (bicyclic) bond motifs is 1. The van der Waals surface area contributed by atoms with E-state index in [4.69, 9.17) is 0 Å².